The van der Waals surface area contributed by atoms with Crippen molar-refractivity contribution < 1.29 is 0 Å². The van der Waals surface area contributed by atoms with Crippen LogP contribution in [0.1, 0.15) is 32.1 Å². The van der Waals surface area contributed by atoms with E-state index in [1.807, 2.05) is 30.6 Å². The molecule has 3 nitrogen and oxygen atoms in total. The van der Waals surface area contributed by atoms with Gasteiger partial charge in [0.15, 0.2) is 0 Å². The van der Waals surface area contributed by atoms with Crippen molar-refractivity contribution in [3.8, 4) is 5.69 Å². The number of nitrogens with zero attached hydrogens (tertiary/aromatic N) is 2. The Bertz CT molecular complexity index is 591. The molecule has 0 radical (unpaired) electrons. The molecule has 5 heteroatoms. The molecule has 1 aliphatic rings. The molecule has 1 fully saturated rings. The van der Waals surface area contributed by atoms with Gasteiger partial charge in [-0.1, -0.05) is 30.9 Å². The number of halogens is 2. The van der Waals surface area contributed by atoms with Gasteiger partial charge in [0.2, 0.25) is 5.95 Å². The van der Waals surface area contributed by atoms with Crippen LogP contribution in [-0.4, -0.2) is 15.6 Å². The minimum atomic E-state index is 0.542. The molecule has 1 aromatic carbocycles. The zero-order valence-electron chi connectivity index (χ0n) is 11.1. The highest BCUT2D eigenvalue weighted by Gasteiger charge is 2.15. The van der Waals surface area contributed by atoms with Gasteiger partial charge < -0.3 is 5.32 Å². The molecule has 1 N–H and O–H groups in total. The van der Waals surface area contributed by atoms with E-state index in [0.29, 0.717) is 6.04 Å². The number of nitrogens with one attached hydrogen (secondary N) is 1. The van der Waals surface area contributed by atoms with E-state index in [1.54, 1.807) is 0 Å². The van der Waals surface area contributed by atoms with E-state index in [1.165, 1.54) is 32.1 Å². The van der Waals surface area contributed by atoms with Gasteiger partial charge in [0.1, 0.15) is 0 Å². The maximum absolute atomic E-state index is 6.05. The summed E-state index contributed by atoms with van der Waals surface area (Å²) in [6.45, 7) is 0. The van der Waals surface area contributed by atoms with Crippen molar-refractivity contribution in [2.45, 2.75) is 38.1 Å². The van der Waals surface area contributed by atoms with Crippen LogP contribution < -0.4 is 5.32 Å². The lowest BCUT2D eigenvalue weighted by atomic mass is 9.96. The fourth-order valence-electron chi connectivity index (χ4n) is 2.68. The van der Waals surface area contributed by atoms with E-state index < -0.39 is 0 Å². The average Bonchev–Trinajstić information content (AvgIpc) is 2.91. The SMILES string of the molecule is Clc1ccc(-n2ccnc2NC2CCCCC2)cc1Br. The summed E-state index contributed by atoms with van der Waals surface area (Å²) in [4.78, 5) is 4.44. The van der Waals surface area contributed by atoms with Crippen molar-refractivity contribution in [2.24, 2.45) is 0 Å². The molecule has 3 rings (SSSR count). The number of rotatable bonds is 3. The maximum atomic E-state index is 6.05. The Kier molecular flexibility index (Phi) is 4.32. The van der Waals surface area contributed by atoms with Crippen molar-refractivity contribution in [3.05, 3.63) is 40.1 Å². The number of hydrogen-bond acceptors (Lipinski definition) is 2. The first kappa shape index (κ1) is 14.0. The van der Waals surface area contributed by atoms with Crippen molar-refractivity contribution in [3.63, 3.8) is 0 Å². The Balaban J connectivity index is 1.83. The van der Waals surface area contributed by atoms with Crippen LogP contribution >= 0.6 is 27.5 Å². The quantitative estimate of drug-likeness (QED) is 0.837. The van der Waals surface area contributed by atoms with Gasteiger partial charge in [0.05, 0.1) is 5.02 Å². The molecule has 0 aliphatic heterocycles. The van der Waals surface area contributed by atoms with Gasteiger partial charge in [-0.3, -0.25) is 4.57 Å². The van der Waals surface area contributed by atoms with Gasteiger partial charge in [0.25, 0.3) is 0 Å². The van der Waals surface area contributed by atoms with Crippen LogP contribution in [0.4, 0.5) is 5.95 Å². The van der Waals surface area contributed by atoms with Gasteiger partial charge in [-0.05, 0) is 47.0 Å². The second-order valence-corrected chi connectivity index (χ2v) is 6.46. The summed E-state index contributed by atoms with van der Waals surface area (Å²) in [5, 5.41) is 4.28. The Morgan fingerprint density at radius 3 is 2.80 bits per heavy atom. The van der Waals surface area contributed by atoms with E-state index in [2.05, 4.69) is 30.8 Å². The maximum Gasteiger partial charge on any atom is 0.207 e. The highest BCUT2D eigenvalue weighted by atomic mass is 79.9. The van der Waals surface area contributed by atoms with Gasteiger partial charge in [-0.15, -0.1) is 0 Å². The largest absolute Gasteiger partial charge is 0.353 e. The molecule has 0 spiro atoms. The molecule has 20 heavy (non-hydrogen) atoms. The smallest absolute Gasteiger partial charge is 0.207 e. The van der Waals surface area contributed by atoms with Crippen LogP contribution in [0.15, 0.2) is 35.1 Å². The summed E-state index contributed by atoms with van der Waals surface area (Å²) < 4.78 is 2.96. The lowest BCUT2D eigenvalue weighted by molar-refractivity contribution is 0.460. The Hall–Kier alpha value is -1.00. The molecule has 2 aromatic rings. The summed E-state index contributed by atoms with van der Waals surface area (Å²) in [7, 11) is 0. The predicted molar refractivity (Wildman–Crippen MR) is 86.8 cm³/mol. The van der Waals surface area contributed by atoms with Crippen LogP contribution in [0.25, 0.3) is 5.69 Å². The number of anilines is 1. The molecule has 0 unspecified atom stereocenters. The first-order valence-corrected chi connectivity index (χ1v) is 8.16. The molecular formula is C15H17BrClN3. The normalized spacial score (nSPS) is 16.3. The molecule has 0 amide bonds. The Morgan fingerprint density at radius 2 is 2.05 bits per heavy atom. The number of imidazole rings is 1. The Labute approximate surface area is 132 Å². The van der Waals surface area contributed by atoms with Crippen molar-refractivity contribution in [2.75, 3.05) is 5.32 Å². The second-order valence-electron chi connectivity index (χ2n) is 5.20. The molecule has 1 heterocycles. The minimum absolute atomic E-state index is 0.542. The topological polar surface area (TPSA) is 29.9 Å². The van der Waals surface area contributed by atoms with Gasteiger partial charge in [-0.25, -0.2) is 4.98 Å². The van der Waals surface area contributed by atoms with E-state index >= 15 is 0 Å². The van der Waals surface area contributed by atoms with Crippen LogP contribution in [0.5, 0.6) is 0 Å². The van der Waals surface area contributed by atoms with Gasteiger partial charge in [-0.2, -0.15) is 0 Å². The Morgan fingerprint density at radius 1 is 1.25 bits per heavy atom. The standard InChI is InChI=1S/C15H17BrClN3/c16-13-10-12(6-7-14(13)17)20-9-8-18-15(20)19-11-4-2-1-3-5-11/h6-11H,1-5H2,(H,18,19). The van der Waals surface area contributed by atoms with Crippen LogP contribution in [0.3, 0.4) is 0 Å². The zero-order chi connectivity index (χ0) is 13.9. The van der Waals surface area contributed by atoms with E-state index in [-0.39, 0.29) is 0 Å². The summed E-state index contributed by atoms with van der Waals surface area (Å²) in [6, 6.07) is 6.45. The summed E-state index contributed by atoms with van der Waals surface area (Å²) in [5.74, 6) is 0.908. The predicted octanol–water partition coefficient (Wildman–Crippen LogP) is 5.03. The fraction of sp³-hybridized carbons (Fsp3) is 0.400. The van der Waals surface area contributed by atoms with Gasteiger partial charge in [0, 0.05) is 28.6 Å². The van der Waals surface area contributed by atoms with Crippen molar-refractivity contribution in [1.82, 2.24) is 9.55 Å². The molecule has 1 saturated carbocycles. The lowest BCUT2D eigenvalue weighted by Gasteiger charge is -2.23. The van der Waals surface area contributed by atoms with E-state index in [9.17, 15) is 0 Å². The minimum Gasteiger partial charge on any atom is -0.353 e. The lowest BCUT2D eigenvalue weighted by Crippen LogP contribution is -2.24. The summed E-state index contributed by atoms with van der Waals surface area (Å²) >= 11 is 9.52. The van der Waals surface area contributed by atoms with Gasteiger partial charge >= 0.3 is 0 Å². The molecular weight excluding hydrogens is 338 g/mol. The van der Waals surface area contributed by atoms with Crippen LogP contribution in [-0.2, 0) is 0 Å². The van der Waals surface area contributed by atoms with E-state index in [0.717, 1.165) is 21.1 Å². The van der Waals surface area contributed by atoms with Crippen LogP contribution in [0, 0.1) is 0 Å². The summed E-state index contributed by atoms with van der Waals surface area (Å²) in [6.07, 6.45) is 10.2. The molecule has 106 valence electrons. The molecule has 1 aliphatic carbocycles. The first-order valence-electron chi connectivity index (χ1n) is 6.99. The summed E-state index contributed by atoms with van der Waals surface area (Å²) in [5.41, 5.74) is 1.05. The highest BCUT2D eigenvalue weighted by Crippen LogP contribution is 2.27. The third-order valence-electron chi connectivity index (χ3n) is 3.76. The van der Waals surface area contributed by atoms with Crippen LogP contribution in [0.2, 0.25) is 5.02 Å². The molecule has 0 bridgehead atoms. The highest BCUT2D eigenvalue weighted by molar-refractivity contribution is 9.10. The third kappa shape index (κ3) is 3.01. The zero-order valence-corrected chi connectivity index (χ0v) is 13.5. The van der Waals surface area contributed by atoms with E-state index in [4.69, 9.17) is 11.6 Å². The first-order chi connectivity index (χ1) is 9.74. The van der Waals surface area contributed by atoms with Crippen molar-refractivity contribution in [1.29, 1.82) is 0 Å². The second kappa shape index (κ2) is 6.19. The fourth-order valence-corrected chi connectivity index (χ4v) is 3.17. The molecule has 0 saturated heterocycles. The average molecular weight is 355 g/mol. The number of aromatic nitrogens is 2. The van der Waals surface area contributed by atoms with Crippen molar-refractivity contribution >= 4 is 33.5 Å². The third-order valence-corrected chi connectivity index (χ3v) is 4.97. The monoisotopic (exact) mass is 353 g/mol. The molecule has 0 atom stereocenters. The number of hydrogen-bond donors (Lipinski definition) is 1. The molecule has 1 aromatic heterocycles. The number of benzene rings is 1.